The first-order valence-corrected chi connectivity index (χ1v) is 7.17. The number of rotatable bonds is 4. The van der Waals surface area contributed by atoms with Gasteiger partial charge in [-0.3, -0.25) is 5.32 Å². The van der Waals surface area contributed by atoms with Crippen molar-refractivity contribution in [3.63, 3.8) is 0 Å². The van der Waals surface area contributed by atoms with Crippen LogP contribution in [0.25, 0.3) is 11.1 Å². The van der Waals surface area contributed by atoms with Crippen LogP contribution in [0.5, 0.6) is 0 Å². The number of hydrogen-bond acceptors (Lipinski definition) is 4. The van der Waals surface area contributed by atoms with Gasteiger partial charge in [0.1, 0.15) is 5.82 Å². The number of pyridine rings is 1. The summed E-state index contributed by atoms with van der Waals surface area (Å²) in [5.41, 5.74) is 9.77. The van der Waals surface area contributed by atoms with E-state index in [9.17, 15) is 4.79 Å². The van der Waals surface area contributed by atoms with Crippen molar-refractivity contribution in [1.82, 2.24) is 9.88 Å². The molecule has 0 saturated carbocycles. The van der Waals surface area contributed by atoms with Gasteiger partial charge in [0.25, 0.3) is 0 Å². The molecule has 0 atom stereocenters. The van der Waals surface area contributed by atoms with Gasteiger partial charge in [-0.05, 0) is 28.8 Å². The summed E-state index contributed by atoms with van der Waals surface area (Å²) in [5.74, 6) is 0.579. The van der Waals surface area contributed by atoms with Crippen molar-refractivity contribution in [2.75, 3.05) is 18.5 Å². The summed E-state index contributed by atoms with van der Waals surface area (Å²) in [6, 6.07) is 9.71. The minimum absolute atomic E-state index is 0.0684. The quantitative estimate of drug-likeness (QED) is 0.798. The Morgan fingerprint density at radius 1 is 1.36 bits per heavy atom. The molecule has 6 nitrogen and oxygen atoms in total. The van der Waals surface area contributed by atoms with Crippen LogP contribution in [0, 0.1) is 0 Å². The number of nitrogens with two attached hydrogens (primary N) is 1. The first kappa shape index (κ1) is 14.5. The van der Waals surface area contributed by atoms with E-state index in [1.165, 1.54) is 0 Å². The molecule has 0 radical (unpaired) electrons. The molecule has 2 aromatic rings. The van der Waals surface area contributed by atoms with Crippen LogP contribution in [0.2, 0.25) is 0 Å². The molecule has 1 aromatic carbocycles. The van der Waals surface area contributed by atoms with E-state index in [4.69, 9.17) is 10.8 Å². The van der Waals surface area contributed by atoms with Gasteiger partial charge in [0, 0.05) is 24.8 Å². The lowest BCUT2D eigenvalue weighted by Gasteiger charge is -2.29. The number of carbonyl (C=O) groups excluding carboxylic acids is 1. The van der Waals surface area contributed by atoms with Gasteiger partial charge in [-0.1, -0.05) is 18.2 Å². The number of hydrogen-bond donors (Lipinski definition) is 3. The molecule has 6 heteroatoms. The summed E-state index contributed by atoms with van der Waals surface area (Å²) in [4.78, 5) is 17.8. The zero-order valence-corrected chi connectivity index (χ0v) is 12.1. The summed E-state index contributed by atoms with van der Waals surface area (Å²) in [7, 11) is 0. The number of fused-ring (bicyclic) bond motifs is 1. The third kappa shape index (κ3) is 2.66. The highest BCUT2D eigenvalue weighted by Crippen LogP contribution is 2.31. The van der Waals surface area contributed by atoms with Crippen molar-refractivity contribution < 1.29 is 9.90 Å². The van der Waals surface area contributed by atoms with Crippen molar-refractivity contribution in [2.45, 2.75) is 13.1 Å². The highest BCUT2D eigenvalue weighted by atomic mass is 16.3. The molecule has 1 aliphatic heterocycles. The van der Waals surface area contributed by atoms with Crippen LogP contribution in [0.3, 0.4) is 0 Å². The second kappa shape index (κ2) is 6.13. The molecular weight excluding hydrogens is 280 g/mol. The molecular formula is C16H18N4O2. The smallest absolute Gasteiger partial charge is 0.323 e. The van der Waals surface area contributed by atoms with Crippen LogP contribution < -0.4 is 11.1 Å². The zero-order chi connectivity index (χ0) is 15.5. The number of aromatic nitrogens is 1. The molecule has 0 saturated heterocycles. The summed E-state index contributed by atoms with van der Waals surface area (Å²) >= 11 is 0. The molecule has 114 valence electrons. The van der Waals surface area contributed by atoms with E-state index in [-0.39, 0.29) is 12.6 Å². The topological polar surface area (TPSA) is 91.5 Å². The van der Waals surface area contributed by atoms with Gasteiger partial charge in [-0.15, -0.1) is 0 Å². The van der Waals surface area contributed by atoms with Crippen molar-refractivity contribution in [3.8, 4) is 11.1 Å². The third-order valence-electron chi connectivity index (χ3n) is 3.76. The Labute approximate surface area is 128 Å². The molecule has 3 rings (SSSR count). The van der Waals surface area contributed by atoms with E-state index in [2.05, 4.69) is 10.3 Å². The second-order valence-electron chi connectivity index (χ2n) is 5.17. The molecule has 0 unspecified atom stereocenters. The van der Waals surface area contributed by atoms with Crippen molar-refractivity contribution in [2.24, 2.45) is 5.73 Å². The third-order valence-corrected chi connectivity index (χ3v) is 3.76. The predicted octanol–water partition coefficient (Wildman–Crippen LogP) is 1.55. The Morgan fingerprint density at radius 3 is 3.00 bits per heavy atom. The normalized spacial score (nSPS) is 13.7. The number of aliphatic hydroxyl groups is 1. The Hall–Kier alpha value is -2.44. The maximum absolute atomic E-state index is 11.9. The van der Waals surface area contributed by atoms with Gasteiger partial charge >= 0.3 is 6.03 Å². The second-order valence-corrected chi connectivity index (χ2v) is 5.17. The molecule has 2 heterocycles. The number of amides is 2. The lowest BCUT2D eigenvalue weighted by atomic mass is 9.98. The molecule has 0 spiro atoms. The lowest BCUT2D eigenvalue weighted by molar-refractivity contribution is 0.183. The minimum atomic E-state index is -0.234. The minimum Gasteiger partial charge on any atom is -0.395 e. The summed E-state index contributed by atoms with van der Waals surface area (Å²) in [5, 5.41) is 11.9. The summed E-state index contributed by atoms with van der Waals surface area (Å²) in [6.45, 7) is 1.13. The lowest BCUT2D eigenvalue weighted by Crippen LogP contribution is -2.40. The van der Waals surface area contributed by atoms with E-state index in [0.29, 0.717) is 25.5 Å². The highest BCUT2D eigenvalue weighted by molar-refractivity contribution is 5.93. The number of β-amino-alcohol motifs (C(OH)–C–C–N with tert-alkyl or cyclic N) is 1. The van der Waals surface area contributed by atoms with Gasteiger partial charge in [0.2, 0.25) is 0 Å². The molecule has 0 aliphatic carbocycles. The first-order valence-electron chi connectivity index (χ1n) is 7.17. The number of aliphatic hydroxyl groups excluding tert-OH is 1. The van der Waals surface area contributed by atoms with E-state index in [1.54, 1.807) is 11.1 Å². The van der Waals surface area contributed by atoms with Crippen molar-refractivity contribution in [1.29, 1.82) is 0 Å². The van der Waals surface area contributed by atoms with Gasteiger partial charge in [0.15, 0.2) is 0 Å². The number of carbonyl (C=O) groups is 1. The molecule has 1 aliphatic rings. The fourth-order valence-electron chi connectivity index (χ4n) is 2.64. The van der Waals surface area contributed by atoms with Crippen LogP contribution in [-0.2, 0) is 13.1 Å². The number of anilines is 1. The Morgan fingerprint density at radius 2 is 2.23 bits per heavy atom. The number of nitrogens with zero attached hydrogens (tertiary/aromatic N) is 2. The van der Waals surface area contributed by atoms with Crippen LogP contribution in [-0.4, -0.2) is 34.2 Å². The fraction of sp³-hybridized carbons (Fsp3) is 0.250. The highest BCUT2D eigenvalue weighted by Gasteiger charge is 2.25. The Balaban J connectivity index is 2.04. The molecule has 2 amide bonds. The first-order chi connectivity index (χ1) is 10.7. The van der Waals surface area contributed by atoms with E-state index < -0.39 is 0 Å². The van der Waals surface area contributed by atoms with Crippen molar-refractivity contribution >= 4 is 11.8 Å². The van der Waals surface area contributed by atoms with Crippen LogP contribution in [0.15, 0.2) is 36.5 Å². The fourth-order valence-corrected chi connectivity index (χ4v) is 2.64. The average Bonchev–Trinajstić information content (AvgIpc) is 2.55. The molecule has 1 aromatic heterocycles. The van der Waals surface area contributed by atoms with Gasteiger partial charge in [0.05, 0.1) is 13.2 Å². The number of urea groups is 1. The zero-order valence-electron chi connectivity index (χ0n) is 12.1. The number of nitrogens with one attached hydrogen (secondary N) is 1. The van der Waals surface area contributed by atoms with Gasteiger partial charge < -0.3 is 15.7 Å². The molecule has 4 N–H and O–H groups in total. The van der Waals surface area contributed by atoms with Crippen LogP contribution >= 0.6 is 0 Å². The van der Waals surface area contributed by atoms with E-state index in [1.807, 2.05) is 30.3 Å². The van der Waals surface area contributed by atoms with E-state index in [0.717, 1.165) is 22.3 Å². The molecule has 0 fully saturated rings. The van der Waals surface area contributed by atoms with Gasteiger partial charge in [-0.2, -0.15) is 0 Å². The van der Waals surface area contributed by atoms with Crippen molar-refractivity contribution in [3.05, 3.63) is 47.7 Å². The number of benzene rings is 1. The monoisotopic (exact) mass is 298 g/mol. The predicted molar refractivity (Wildman–Crippen MR) is 84.1 cm³/mol. The summed E-state index contributed by atoms with van der Waals surface area (Å²) in [6.07, 6.45) is 1.69. The maximum Gasteiger partial charge on any atom is 0.323 e. The van der Waals surface area contributed by atoms with Crippen LogP contribution in [0.1, 0.15) is 11.1 Å². The summed E-state index contributed by atoms with van der Waals surface area (Å²) < 4.78 is 0. The average molecular weight is 298 g/mol. The Kier molecular flexibility index (Phi) is 4.04. The maximum atomic E-state index is 11.9. The molecule has 22 heavy (non-hydrogen) atoms. The van der Waals surface area contributed by atoms with E-state index >= 15 is 0 Å². The standard InChI is InChI=1S/C16H18N4O2/c17-9-11-2-1-3-12(8-11)13-4-5-18-15-14(13)10-20(6-7-21)16(22)19-15/h1-5,8,21H,6-7,9-10,17H2,(H,18,19,22). The SMILES string of the molecule is NCc1cccc(-c2ccnc3c2CN(CCO)C(=O)N3)c1. The van der Waals surface area contributed by atoms with Crippen LogP contribution in [0.4, 0.5) is 10.6 Å². The van der Waals surface area contributed by atoms with Gasteiger partial charge in [-0.25, -0.2) is 9.78 Å². The molecule has 0 bridgehead atoms. The largest absolute Gasteiger partial charge is 0.395 e. The Bertz CT molecular complexity index is 702.